The topological polar surface area (TPSA) is 58.9 Å². The highest BCUT2D eigenvalue weighted by molar-refractivity contribution is 7.05. The first-order valence-electron chi connectivity index (χ1n) is 4.58. The van der Waals surface area contributed by atoms with Crippen LogP contribution in [0.4, 0.5) is 0 Å². The van der Waals surface area contributed by atoms with E-state index in [0.717, 1.165) is 21.8 Å². The van der Waals surface area contributed by atoms with Crippen molar-refractivity contribution in [2.45, 2.75) is 20.0 Å². The lowest BCUT2D eigenvalue weighted by Crippen LogP contribution is -2.00. The van der Waals surface area contributed by atoms with Crippen LogP contribution >= 0.6 is 11.5 Å². The molecular weight excluding hydrogens is 210 g/mol. The molecule has 2 heterocycles. The zero-order chi connectivity index (χ0) is 10.8. The lowest BCUT2D eigenvalue weighted by Gasteiger charge is -2.08. The molecular formula is C10H11N3OS. The van der Waals surface area contributed by atoms with Gasteiger partial charge in [0, 0.05) is 17.5 Å². The summed E-state index contributed by atoms with van der Waals surface area (Å²) >= 11 is 1.22. The lowest BCUT2D eigenvalue weighted by molar-refractivity contribution is 0.222. The number of hydrogen-bond acceptors (Lipinski definition) is 5. The van der Waals surface area contributed by atoms with Gasteiger partial charge in [-0.1, -0.05) is 10.6 Å². The predicted octanol–water partition coefficient (Wildman–Crippen LogP) is 1.63. The Labute approximate surface area is 91.8 Å². The van der Waals surface area contributed by atoms with E-state index in [1.165, 1.54) is 11.5 Å². The Morgan fingerprint density at radius 2 is 2.13 bits per heavy atom. The first-order chi connectivity index (χ1) is 7.18. The molecule has 0 saturated heterocycles. The minimum absolute atomic E-state index is 0.668. The summed E-state index contributed by atoms with van der Waals surface area (Å²) in [7, 11) is 0. The summed E-state index contributed by atoms with van der Waals surface area (Å²) in [4.78, 5) is 4.92. The average Bonchev–Trinajstić information content (AvgIpc) is 2.65. The van der Waals surface area contributed by atoms with E-state index in [0.29, 0.717) is 0 Å². The van der Waals surface area contributed by atoms with Gasteiger partial charge in [0.15, 0.2) is 0 Å². The third-order valence-corrected chi connectivity index (χ3v) is 3.06. The predicted molar refractivity (Wildman–Crippen MR) is 57.7 cm³/mol. The second-order valence-corrected chi connectivity index (χ2v) is 4.14. The second-order valence-electron chi connectivity index (χ2n) is 3.36. The SMILES string of the molecule is Cc1ccc(C(O)c2snnc2C)cn1. The van der Waals surface area contributed by atoms with Gasteiger partial charge in [-0.05, 0) is 31.4 Å². The van der Waals surface area contributed by atoms with Crippen LogP contribution in [0.2, 0.25) is 0 Å². The zero-order valence-electron chi connectivity index (χ0n) is 8.51. The van der Waals surface area contributed by atoms with Crippen molar-refractivity contribution >= 4 is 11.5 Å². The molecule has 78 valence electrons. The smallest absolute Gasteiger partial charge is 0.118 e. The third-order valence-electron chi connectivity index (χ3n) is 2.18. The van der Waals surface area contributed by atoms with Crippen molar-refractivity contribution in [2.24, 2.45) is 0 Å². The van der Waals surface area contributed by atoms with Gasteiger partial charge in [-0.2, -0.15) is 0 Å². The minimum Gasteiger partial charge on any atom is -0.383 e. The van der Waals surface area contributed by atoms with E-state index in [4.69, 9.17) is 0 Å². The molecule has 5 heteroatoms. The molecule has 0 aliphatic rings. The molecule has 15 heavy (non-hydrogen) atoms. The first kappa shape index (κ1) is 10.2. The van der Waals surface area contributed by atoms with Crippen LogP contribution in [0.5, 0.6) is 0 Å². The van der Waals surface area contributed by atoms with E-state index >= 15 is 0 Å². The van der Waals surface area contributed by atoms with Gasteiger partial charge < -0.3 is 5.11 Å². The van der Waals surface area contributed by atoms with E-state index < -0.39 is 6.10 Å². The number of aryl methyl sites for hydroxylation is 2. The van der Waals surface area contributed by atoms with E-state index in [1.807, 2.05) is 26.0 Å². The molecule has 1 N–H and O–H groups in total. The highest BCUT2D eigenvalue weighted by Crippen LogP contribution is 2.25. The molecule has 0 radical (unpaired) electrons. The van der Waals surface area contributed by atoms with Gasteiger partial charge in [0.2, 0.25) is 0 Å². The second kappa shape index (κ2) is 4.04. The average molecular weight is 221 g/mol. The molecule has 2 rings (SSSR count). The summed E-state index contributed by atoms with van der Waals surface area (Å²) in [5.41, 5.74) is 2.48. The van der Waals surface area contributed by atoms with Crippen LogP contribution in [0.15, 0.2) is 18.3 Å². The summed E-state index contributed by atoms with van der Waals surface area (Å²) in [5.74, 6) is 0. The number of pyridine rings is 1. The van der Waals surface area contributed by atoms with Gasteiger partial charge in [-0.25, -0.2) is 0 Å². The fourth-order valence-electron chi connectivity index (χ4n) is 1.28. The monoisotopic (exact) mass is 221 g/mol. The highest BCUT2D eigenvalue weighted by Gasteiger charge is 2.16. The normalized spacial score (nSPS) is 12.7. The van der Waals surface area contributed by atoms with Crippen LogP contribution in [0.25, 0.3) is 0 Å². The number of nitrogens with zero attached hydrogens (tertiary/aromatic N) is 3. The zero-order valence-corrected chi connectivity index (χ0v) is 9.32. The third kappa shape index (κ3) is 2.03. The molecule has 0 bridgehead atoms. The Bertz CT molecular complexity index is 452. The number of aromatic nitrogens is 3. The molecule has 0 aliphatic heterocycles. The molecule has 0 aliphatic carbocycles. The fourth-order valence-corrected chi connectivity index (χ4v) is 1.94. The van der Waals surface area contributed by atoms with Crippen molar-refractivity contribution in [3.05, 3.63) is 40.2 Å². The van der Waals surface area contributed by atoms with Gasteiger partial charge in [-0.3, -0.25) is 4.98 Å². The summed E-state index contributed by atoms with van der Waals surface area (Å²) in [6.07, 6.45) is 1.01. The van der Waals surface area contributed by atoms with Crippen molar-refractivity contribution in [3.63, 3.8) is 0 Å². The highest BCUT2D eigenvalue weighted by atomic mass is 32.1. The van der Waals surface area contributed by atoms with Gasteiger partial charge in [0.25, 0.3) is 0 Å². The number of rotatable bonds is 2. The van der Waals surface area contributed by atoms with E-state index in [-0.39, 0.29) is 0 Å². The minimum atomic E-state index is -0.668. The largest absolute Gasteiger partial charge is 0.383 e. The molecule has 0 aromatic carbocycles. The molecule has 1 atom stereocenters. The quantitative estimate of drug-likeness (QED) is 0.837. The van der Waals surface area contributed by atoms with Gasteiger partial charge in [-0.15, -0.1) is 5.10 Å². The Kier molecular flexibility index (Phi) is 2.75. The van der Waals surface area contributed by atoms with Crippen molar-refractivity contribution in [3.8, 4) is 0 Å². The Morgan fingerprint density at radius 3 is 2.67 bits per heavy atom. The summed E-state index contributed by atoms with van der Waals surface area (Å²) in [6, 6.07) is 3.74. The summed E-state index contributed by atoms with van der Waals surface area (Å²) in [6.45, 7) is 3.75. The fraction of sp³-hybridized carbons (Fsp3) is 0.300. The molecule has 1 unspecified atom stereocenters. The molecule has 0 amide bonds. The number of aliphatic hydroxyl groups is 1. The molecule has 0 saturated carbocycles. The van der Waals surface area contributed by atoms with Crippen molar-refractivity contribution < 1.29 is 5.11 Å². The van der Waals surface area contributed by atoms with Gasteiger partial charge >= 0.3 is 0 Å². The van der Waals surface area contributed by atoms with Gasteiger partial charge in [0.05, 0.1) is 10.6 Å². The number of aliphatic hydroxyl groups excluding tert-OH is 1. The number of hydrogen-bond donors (Lipinski definition) is 1. The first-order valence-corrected chi connectivity index (χ1v) is 5.35. The van der Waals surface area contributed by atoms with Crippen LogP contribution in [0.3, 0.4) is 0 Å². The maximum absolute atomic E-state index is 10.0. The Morgan fingerprint density at radius 1 is 1.33 bits per heavy atom. The van der Waals surface area contributed by atoms with Crippen molar-refractivity contribution in [1.82, 2.24) is 14.6 Å². The summed E-state index contributed by atoms with van der Waals surface area (Å²) < 4.78 is 3.80. The van der Waals surface area contributed by atoms with Crippen LogP contribution in [0, 0.1) is 13.8 Å². The van der Waals surface area contributed by atoms with Crippen LogP contribution in [-0.2, 0) is 0 Å². The maximum atomic E-state index is 10.0. The molecule has 2 aromatic rings. The molecule has 0 fully saturated rings. The Hall–Kier alpha value is -1.33. The maximum Gasteiger partial charge on any atom is 0.118 e. The van der Waals surface area contributed by atoms with Crippen LogP contribution in [0.1, 0.15) is 27.9 Å². The summed E-state index contributed by atoms with van der Waals surface area (Å²) in [5, 5.41) is 13.9. The lowest BCUT2D eigenvalue weighted by atomic mass is 10.1. The van der Waals surface area contributed by atoms with Crippen LogP contribution < -0.4 is 0 Å². The molecule has 0 spiro atoms. The van der Waals surface area contributed by atoms with E-state index in [2.05, 4.69) is 14.6 Å². The molecule has 2 aromatic heterocycles. The van der Waals surface area contributed by atoms with Gasteiger partial charge in [0.1, 0.15) is 6.10 Å². The van der Waals surface area contributed by atoms with Crippen molar-refractivity contribution in [1.29, 1.82) is 0 Å². The Balaban J connectivity index is 2.32. The van der Waals surface area contributed by atoms with Crippen molar-refractivity contribution in [2.75, 3.05) is 0 Å². The molecule has 4 nitrogen and oxygen atoms in total. The van der Waals surface area contributed by atoms with E-state index in [1.54, 1.807) is 6.20 Å². The standard InChI is InChI=1S/C10H11N3OS/c1-6-3-4-8(5-11-6)9(14)10-7(2)12-13-15-10/h3-5,9,14H,1-2H3. The van der Waals surface area contributed by atoms with E-state index in [9.17, 15) is 5.11 Å². The van der Waals surface area contributed by atoms with Crippen LogP contribution in [-0.4, -0.2) is 19.7 Å².